The molecule has 3 heteroatoms. The fourth-order valence-corrected chi connectivity index (χ4v) is 3.92. The number of anilines is 1. The van der Waals surface area contributed by atoms with Crippen molar-refractivity contribution in [1.82, 2.24) is 5.32 Å². The van der Waals surface area contributed by atoms with Crippen LogP contribution in [0.1, 0.15) is 78.7 Å². The molecule has 0 spiro atoms. The van der Waals surface area contributed by atoms with Gasteiger partial charge in [0.2, 0.25) is 0 Å². The maximum atomic E-state index is 5.66. The lowest BCUT2D eigenvalue weighted by Crippen LogP contribution is -2.25. The topological polar surface area (TPSA) is 24.5 Å². The van der Waals surface area contributed by atoms with Gasteiger partial charge in [-0.1, -0.05) is 107 Å². The number of unbranched alkanes of at least 4 members (excludes halogenated alkanes) is 3. The zero-order valence-corrected chi connectivity index (χ0v) is 25.6. The molecular weight excluding hydrogens is 476 g/mol. The summed E-state index contributed by atoms with van der Waals surface area (Å²) in [5.74, 6) is 0.809. The van der Waals surface area contributed by atoms with Crippen LogP contribution < -0.4 is 10.2 Å². The number of benzene rings is 1. The first-order valence-electron chi connectivity index (χ1n) is 14.9. The summed E-state index contributed by atoms with van der Waals surface area (Å²) in [7, 11) is 1.72. The van der Waals surface area contributed by atoms with Crippen molar-refractivity contribution in [2.75, 3.05) is 38.2 Å². The third-order valence-corrected chi connectivity index (χ3v) is 6.36. The van der Waals surface area contributed by atoms with E-state index < -0.39 is 0 Å². The summed E-state index contributed by atoms with van der Waals surface area (Å²) in [6.45, 7) is 15.0. The van der Waals surface area contributed by atoms with Crippen molar-refractivity contribution < 1.29 is 4.74 Å². The van der Waals surface area contributed by atoms with Crippen molar-refractivity contribution in [2.24, 2.45) is 0 Å². The quantitative estimate of drug-likeness (QED) is 0.103. The molecule has 1 aromatic carbocycles. The number of allylic oxidation sites excluding steroid dienone is 11. The predicted molar refractivity (Wildman–Crippen MR) is 175 cm³/mol. The van der Waals surface area contributed by atoms with Gasteiger partial charge < -0.3 is 15.0 Å². The van der Waals surface area contributed by atoms with Crippen LogP contribution in [0.15, 0.2) is 102 Å². The lowest BCUT2D eigenvalue weighted by Gasteiger charge is -2.24. The molecule has 0 aliphatic rings. The Morgan fingerprint density at radius 1 is 0.846 bits per heavy atom. The molecule has 0 aromatic heterocycles. The van der Waals surface area contributed by atoms with Gasteiger partial charge in [-0.3, -0.25) is 0 Å². The van der Waals surface area contributed by atoms with E-state index in [0.717, 1.165) is 37.5 Å². The zero-order chi connectivity index (χ0) is 28.6. The molecule has 0 bridgehead atoms. The number of nitrogens with one attached hydrogen (secondary N) is 1. The highest BCUT2D eigenvalue weighted by atomic mass is 16.5. The van der Waals surface area contributed by atoms with Crippen LogP contribution in [0.25, 0.3) is 6.08 Å². The van der Waals surface area contributed by atoms with Crippen molar-refractivity contribution in [3.8, 4) is 0 Å². The van der Waals surface area contributed by atoms with E-state index in [1.807, 2.05) is 19.1 Å². The van der Waals surface area contributed by atoms with Crippen LogP contribution in [0.5, 0.6) is 0 Å². The summed E-state index contributed by atoms with van der Waals surface area (Å²) in [5, 5.41) is 3.44. The molecule has 1 N–H and O–H groups in total. The maximum Gasteiger partial charge on any atom is 0.119 e. The molecule has 0 unspecified atom stereocenters. The average Bonchev–Trinajstić information content (AvgIpc) is 2.96. The standard InChI is InChI=1S/C36H54N2O/c1-7-12-27-37-28-16-19-32(11-5)21-22-34(17-10-4)31-36(39-6)20-15-18-33-23-25-35(26-24-33)38(29-13-8-2)30-14-9-3/h10-11,15-26,31,37H,7-9,12-14,27-30H2,1-6H3/b17-10-,18-15+,19-16-,22-21+,32-11+,34-31+,36-20-. The summed E-state index contributed by atoms with van der Waals surface area (Å²) in [6, 6.07) is 8.89. The molecule has 0 amide bonds. The van der Waals surface area contributed by atoms with E-state index in [0.29, 0.717) is 0 Å². The molecule has 0 aliphatic carbocycles. The molecule has 0 saturated heterocycles. The molecule has 3 nitrogen and oxygen atoms in total. The van der Waals surface area contributed by atoms with Crippen LogP contribution >= 0.6 is 0 Å². The van der Waals surface area contributed by atoms with Crippen molar-refractivity contribution in [3.05, 3.63) is 107 Å². The second-order valence-corrected chi connectivity index (χ2v) is 9.64. The van der Waals surface area contributed by atoms with Crippen LogP contribution in [0, 0.1) is 0 Å². The van der Waals surface area contributed by atoms with E-state index in [2.05, 4.69) is 117 Å². The Morgan fingerprint density at radius 2 is 1.51 bits per heavy atom. The molecular formula is C36H54N2O. The van der Waals surface area contributed by atoms with E-state index >= 15 is 0 Å². The van der Waals surface area contributed by atoms with Crippen LogP contribution in [-0.4, -0.2) is 33.3 Å². The van der Waals surface area contributed by atoms with Crippen LogP contribution in [-0.2, 0) is 4.74 Å². The van der Waals surface area contributed by atoms with E-state index in [1.165, 1.54) is 55.3 Å². The first-order chi connectivity index (χ1) is 19.1. The second kappa shape index (κ2) is 22.9. The van der Waals surface area contributed by atoms with Gasteiger partial charge in [0, 0.05) is 25.3 Å². The van der Waals surface area contributed by atoms with Gasteiger partial charge >= 0.3 is 0 Å². The highest BCUT2D eigenvalue weighted by Gasteiger charge is 2.05. The van der Waals surface area contributed by atoms with E-state index in [1.54, 1.807) is 7.11 Å². The minimum absolute atomic E-state index is 0.809. The lowest BCUT2D eigenvalue weighted by molar-refractivity contribution is 0.307. The van der Waals surface area contributed by atoms with E-state index in [-0.39, 0.29) is 0 Å². The molecule has 1 rings (SSSR count). The Kier molecular flexibility index (Phi) is 20.0. The van der Waals surface area contributed by atoms with Crippen molar-refractivity contribution in [2.45, 2.75) is 73.1 Å². The molecule has 0 radical (unpaired) electrons. The molecule has 0 aliphatic heterocycles. The lowest BCUT2D eigenvalue weighted by atomic mass is 10.1. The van der Waals surface area contributed by atoms with Gasteiger partial charge in [0.15, 0.2) is 0 Å². The van der Waals surface area contributed by atoms with Gasteiger partial charge in [-0.2, -0.15) is 0 Å². The Hall–Kier alpha value is -3.04. The van der Waals surface area contributed by atoms with Crippen LogP contribution in [0.2, 0.25) is 0 Å². The summed E-state index contributed by atoms with van der Waals surface area (Å²) >= 11 is 0. The van der Waals surface area contributed by atoms with Crippen LogP contribution in [0.3, 0.4) is 0 Å². The minimum atomic E-state index is 0.809. The number of ether oxygens (including phenoxy) is 1. The van der Waals surface area contributed by atoms with Crippen LogP contribution in [0.4, 0.5) is 5.69 Å². The SMILES string of the molecule is C\C=C/C(/C=C/C(/C=C\CNCCCC)=C/C)=C\C(=C\C=C\c1ccc(N(CCCC)CCCC)cc1)OC. The van der Waals surface area contributed by atoms with Crippen molar-refractivity contribution in [1.29, 1.82) is 0 Å². The van der Waals surface area contributed by atoms with Crippen molar-refractivity contribution >= 4 is 11.8 Å². The van der Waals surface area contributed by atoms with Gasteiger partial charge in [-0.25, -0.2) is 0 Å². The normalized spacial score (nSPS) is 13.5. The Labute approximate surface area is 240 Å². The number of nitrogens with zero attached hydrogens (tertiary/aromatic N) is 1. The Morgan fingerprint density at radius 3 is 2.10 bits per heavy atom. The summed E-state index contributed by atoms with van der Waals surface area (Å²) in [5.41, 5.74) is 4.76. The number of hydrogen-bond acceptors (Lipinski definition) is 3. The fraction of sp³-hybridized carbons (Fsp3) is 0.444. The maximum absolute atomic E-state index is 5.66. The third kappa shape index (κ3) is 15.8. The summed E-state index contributed by atoms with van der Waals surface area (Å²) in [6.07, 6.45) is 30.5. The van der Waals surface area contributed by atoms with Gasteiger partial charge in [-0.05, 0) is 80.6 Å². The zero-order valence-electron chi connectivity index (χ0n) is 25.6. The number of rotatable bonds is 20. The van der Waals surface area contributed by atoms with Gasteiger partial charge in [0.25, 0.3) is 0 Å². The molecule has 1 aromatic rings. The van der Waals surface area contributed by atoms with Gasteiger partial charge in [0.1, 0.15) is 5.76 Å². The summed E-state index contributed by atoms with van der Waals surface area (Å²) < 4.78 is 5.66. The second-order valence-electron chi connectivity index (χ2n) is 9.64. The highest BCUT2D eigenvalue weighted by Crippen LogP contribution is 2.18. The van der Waals surface area contributed by atoms with Crippen molar-refractivity contribution in [3.63, 3.8) is 0 Å². The molecule has 0 saturated carbocycles. The van der Waals surface area contributed by atoms with E-state index in [9.17, 15) is 0 Å². The third-order valence-electron chi connectivity index (χ3n) is 6.36. The Balaban J connectivity index is 2.89. The molecule has 39 heavy (non-hydrogen) atoms. The van der Waals surface area contributed by atoms with E-state index in [4.69, 9.17) is 4.74 Å². The number of methoxy groups -OCH3 is 1. The van der Waals surface area contributed by atoms with Gasteiger partial charge in [-0.15, -0.1) is 0 Å². The Bertz CT molecular complexity index is 966. The highest BCUT2D eigenvalue weighted by molar-refractivity contribution is 5.57. The summed E-state index contributed by atoms with van der Waals surface area (Å²) in [4.78, 5) is 2.52. The molecule has 0 atom stereocenters. The van der Waals surface area contributed by atoms with Gasteiger partial charge in [0.05, 0.1) is 7.11 Å². The average molecular weight is 531 g/mol. The monoisotopic (exact) mass is 530 g/mol. The first kappa shape index (κ1) is 34.0. The number of hydrogen-bond donors (Lipinski definition) is 1. The molecule has 0 fully saturated rings. The predicted octanol–water partition coefficient (Wildman–Crippen LogP) is 9.59. The largest absolute Gasteiger partial charge is 0.497 e. The molecule has 0 heterocycles. The minimum Gasteiger partial charge on any atom is -0.497 e. The first-order valence-corrected chi connectivity index (χ1v) is 14.9. The fourth-order valence-electron chi connectivity index (χ4n) is 3.92. The smallest absolute Gasteiger partial charge is 0.119 e. The molecule has 214 valence electrons.